The fourth-order valence-corrected chi connectivity index (χ4v) is 3.59. The maximum Gasteiger partial charge on any atom is 0.424 e. The number of fused-ring (bicyclic) bond motifs is 3. The summed E-state index contributed by atoms with van der Waals surface area (Å²) in [6, 6.07) is 15.7. The lowest BCUT2D eigenvalue weighted by atomic mass is 9.98. The average Bonchev–Trinajstić information content (AvgIpc) is 3.02. The number of nitrogens with zero attached hydrogens (tertiary/aromatic N) is 1. The number of hydrogen-bond donors (Lipinski definition) is 1. The van der Waals surface area contributed by atoms with Gasteiger partial charge in [-0.25, -0.2) is 14.4 Å². The number of ether oxygens (including phenoxy) is 2. The Kier molecular flexibility index (Phi) is 6.15. The molecule has 7 heteroatoms. The van der Waals surface area contributed by atoms with Gasteiger partial charge in [0.1, 0.15) is 17.9 Å². The van der Waals surface area contributed by atoms with Crippen LogP contribution >= 0.6 is 0 Å². The largest absolute Gasteiger partial charge is 0.477 e. The molecule has 31 heavy (non-hydrogen) atoms. The van der Waals surface area contributed by atoms with Crippen LogP contribution in [0.3, 0.4) is 0 Å². The van der Waals surface area contributed by atoms with Crippen molar-refractivity contribution < 1.29 is 29.0 Å². The first-order chi connectivity index (χ1) is 14.6. The fourth-order valence-electron chi connectivity index (χ4n) is 3.59. The van der Waals surface area contributed by atoms with Crippen LogP contribution in [0.1, 0.15) is 44.7 Å². The zero-order chi connectivity index (χ0) is 22.8. The lowest BCUT2D eigenvalue weighted by Gasteiger charge is -2.26. The first kappa shape index (κ1) is 22.1. The highest BCUT2D eigenvalue weighted by atomic mass is 16.6. The third-order valence-corrected chi connectivity index (χ3v) is 4.83. The highest BCUT2D eigenvalue weighted by molar-refractivity contribution is 6.00. The molecular formula is C24H25NO6. The minimum absolute atomic E-state index is 0.0528. The zero-order valence-electron chi connectivity index (χ0n) is 17.9. The Bertz CT molecular complexity index is 1000. The van der Waals surface area contributed by atoms with E-state index < -0.39 is 29.5 Å². The molecule has 0 atom stereocenters. The number of amides is 2. The van der Waals surface area contributed by atoms with Gasteiger partial charge in [0.05, 0.1) is 0 Å². The third-order valence-electron chi connectivity index (χ3n) is 4.83. The van der Waals surface area contributed by atoms with Gasteiger partial charge in [-0.3, -0.25) is 0 Å². The number of carbonyl (C=O) groups excluding carboxylic acids is 2. The van der Waals surface area contributed by atoms with E-state index in [-0.39, 0.29) is 12.5 Å². The van der Waals surface area contributed by atoms with Crippen molar-refractivity contribution in [1.29, 1.82) is 0 Å². The Morgan fingerprint density at radius 3 is 1.94 bits per heavy atom. The van der Waals surface area contributed by atoms with Gasteiger partial charge in [0, 0.05) is 5.92 Å². The van der Waals surface area contributed by atoms with Gasteiger partial charge in [-0.2, -0.15) is 4.90 Å². The molecular weight excluding hydrogens is 398 g/mol. The van der Waals surface area contributed by atoms with Crippen LogP contribution in [0.5, 0.6) is 0 Å². The number of hydrogen-bond acceptors (Lipinski definition) is 5. The summed E-state index contributed by atoms with van der Waals surface area (Å²) in [5.41, 5.74) is 2.67. The van der Waals surface area contributed by atoms with Gasteiger partial charge in [-0.05, 0) is 49.9 Å². The normalized spacial score (nSPS) is 13.2. The summed E-state index contributed by atoms with van der Waals surface area (Å²) < 4.78 is 10.7. The van der Waals surface area contributed by atoms with E-state index in [1.807, 2.05) is 48.5 Å². The standard InChI is InChI=1S/C24H25NO6/c1-5-20(21(26)27)25(23(29)31-24(2,3)4)22(28)30-14-19-17-12-8-6-10-15(17)16-11-7-9-13-18(16)19/h5-13,19H,14H2,1-4H3,(H,26,27). The maximum atomic E-state index is 12.9. The summed E-state index contributed by atoms with van der Waals surface area (Å²) in [6.45, 7) is 6.23. The minimum Gasteiger partial charge on any atom is -0.477 e. The molecule has 7 nitrogen and oxygen atoms in total. The molecule has 0 unspecified atom stereocenters. The maximum absolute atomic E-state index is 12.9. The van der Waals surface area contributed by atoms with E-state index in [1.54, 1.807) is 20.8 Å². The van der Waals surface area contributed by atoms with Crippen LogP contribution in [0.2, 0.25) is 0 Å². The number of carboxylic acids is 1. The number of aliphatic carboxylic acids is 1. The molecule has 1 aliphatic rings. The SMILES string of the molecule is CC=C(C(=O)O)N(C(=O)OCC1c2ccccc2-c2ccccc21)C(=O)OC(C)(C)C. The number of rotatable bonds is 4. The van der Waals surface area contributed by atoms with Gasteiger partial charge in [0.2, 0.25) is 0 Å². The fraction of sp³-hybridized carbons (Fsp3) is 0.292. The van der Waals surface area contributed by atoms with Crippen molar-refractivity contribution in [3.63, 3.8) is 0 Å². The summed E-state index contributed by atoms with van der Waals surface area (Å²) in [5, 5.41) is 9.45. The van der Waals surface area contributed by atoms with Gasteiger partial charge in [0.15, 0.2) is 0 Å². The van der Waals surface area contributed by atoms with Crippen molar-refractivity contribution in [3.8, 4) is 11.1 Å². The van der Waals surface area contributed by atoms with E-state index in [2.05, 4.69) is 0 Å². The Balaban J connectivity index is 1.86. The number of carbonyl (C=O) groups is 3. The van der Waals surface area contributed by atoms with Crippen molar-refractivity contribution in [2.75, 3.05) is 6.61 Å². The molecule has 0 spiro atoms. The molecule has 0 saturated carbocycles. The Labute approximate surface area is 180 Å². The van der Waals surface area contributed by atoms with E-state index in [0.29, 0.717) is 4.90 Å². The molecule has 0 bridgehead atoms. The molecule has 0 heterocycles. The van der Waals surface area contributed by atoms with E-state index in [0.717, 1.165) is 28.3 Å². The first-order valence-corrected chi connectivity index (χ1v) is 9.91. The molecule has 1 aliphatic carbocycles. The van der Waals surface area contributed by atoms with Crippen LogP contribution in [0.4, 0.5) is 9.59 Å². The van der Waals surface area contributed by atoms with Crippen molar-refractivity contribution in [3.05, 3.63) is 71.4 Å². The molecule has 0 fully saturated rings. The van der Waals surface area contributed by atoms with E-state index >= 15 is 0 Å². The molecule has 0 radical (unpaired) electrons. The lowest BCUT2D eigenvalue weighted by Crippen LogP contribution is -2.42. The molecule has 2 aromatic rings. The van der Waals surface area contributed by atoms with Crippen LogP contribution in [0, 0.1) is 0 Å². The Morgan fingerprint density at radius 1 is 0.968 bits per heavy atom. The minimum atomic E-state index is -1.44. The van der Waals surface area contributed by atoms with Gasteiger partial charge in [0.25, 0.3) is 0 Å². The quantitative estimate of drug-likeness (QED) is 0.683. The second-order valence-corrected chi connectivity index (χ2v) is 8.10. The summed E-state index contributed by atoms with van der Waals surface area (Å²) >= 11 is 0. The van der Waals surface area contributed by atoms with E-state index in [1.165, 1.54) is 6.92 Å². The number of carboxylic acid groups (broad SMARTS) is 1. The molecule has 1 N–H and O–H groups in total. The summed E-state index contributed by atoms with van der Waals surface area (Å²) in [7, 11) is 0. The van der Waals surface area contributed by atoms with Gasteiger partial charge in [-0.15, -0.1) is 0 Å². The monoisotopic (exact) mass is 423 g/mol. The summed E-state index contributed by atoms with van der Waals surface area (Å²) in [4.78, 5) is 37.5. The molecule has 0 aliphatic heterocycles. The van der Waals surface area contributed by atoms with Crippen LogP contribution in [-0.4, -0.2) is 40.4 Å². The second-order valence-electron chi connectivity index (χ2n) is 8.10. The van der Waals surface area contributed by atoms with Crippen molar-refractivity contribution in [1.82, 2.24) is 4.90 Å². The third kappa shape index (κ3) is 4.60. The molecule has 0 saturated heterocycles. The predicted molar refractivity (Wildman–Crippen MR) is 115 cm³/mol. The Morgan fingerprint density at radius 2 is 1.48 bits per heavy atom. The Hall–Kier alpha value is -3.61. The summed E-state index contributed by atoms with van der Waals surface area (Å²) in [5.74, 6) is -1.67. The molecule has 162 valence electrons. The van der Waals surface area contributed by atoms with Crippen LogP contribution in [0.25, 0.3) is 11.1 Å². The van der Waals surface area contributed by atoms with Crippen molar-refractivity contribution in [2.45, 2.75) is 39.2 Å². The zero-order valence-corrected chi connectivity index (χ0v) is 17.9. The van der Waals surface area contributed by atoms with Crippen LogP contribution in [-0.2, 0) is 14.3 Å². The molecule has 3 rings (SSSR count). The molecule has 2 aromatic carbocycles. The van der Waals surface area contributed by atoms with Crippen molar-refractivity contribution >= 4 is 18.2 Å². The van der Waals surface area contributed by atoms with Gasteiger partial charge < -0.3 is 14.6 Å². The van der Waals surface area contributed by atoms with E-state index in [9.17, 15) is 19.5 Å². The molecule has 2 amide bonds. The van der Waals surface area contributed by atoms with Gasteiger partial charge in [-0.1, -0.05) is 54.6 Å². The summed E-state index contributed by atoms with van der Waals surface area (Å²) in [6.07, 6.45) is -1.07. The highest BCUT2D eigenvalue weighted by Crippen LogP contribution is 2.44. The first-order valence-electron chi connectivity index (χ1n) is 9.91. The highest BCUT2D eigenvalue weighted by Gasteiger charge is 2.36. The van der Waals surface area contributed by atoms with Gasteiger partial charge >= 0.3 is 18.2 Å². The lowest BCUT2D eigenvalue weighted by molar-refractivity contribution is -0.134. The average molecular weight is 423 g/mol. The topological polar surface area (TPSA) is 93.1 Å². The molecule has 0 aromatic heterocycles. The van der Waals surface area contributed by atoms with Crippen LogP contribution in [0.15, 0.2) is 60.3 Å². The number of benzene rings is 2. The smallest absolute Gasteiger partial charge is 0.424 e. The van der Waals surface area contributed by atoms with Crippen molar-refractivity contribution in [2.24, 2.45) is 0 Å². The second kappa shape index (κ2) is 8.63. The predicted octanol–water partition coefficient (Wildman–Crippen LogP) is 5.16. The van der Waals surface area contributed by atoms with Crippen LogP contribution < -0.4 is 0 Å². The van der Waals surface area contributed by atoms with E-state index in [4.69, 9.17) is 9.47 Å². The number of imide groups is 1. The number of allylic oxidation sites excluding steroid dienone is 1.